The first-order valence-electron chi connectivity index (χ1n) is 12.5. The third kappa shape index (κ3) is 6.63. The molecule has 0 spiro atoms. The zero-order valence-corrected chi connectivity index (χ0v) is 22.6. The second-order valence-electron chi connectivity index (χ2n) is 11.5. The molecule has 1 aromatic rings. The number of hydrogen-bond acceptors (Lipinski definition) is 6. The summed E-state index contributed by atoms with van der Waals surface area (Å²) in [7, 11) is 0. The van der Waals surface area contributed by atoms with E-state index in [1.54, 1.807) is 19.9 Å². The minimum Gasteiger partial charge on any atom is -0.479 e. The Morgan fingerprint density at radius 2 is 2.03 bits per heavy atom. The van der Waals surface area contributed by atoms with Gasteiger partial charge in [0, 0.05) is 17.3 Å². The lowest BCUT2D eigenvalue weighted by atomic mass is 9.77. The molecule has 9 nitrogen and oxygen atoms in total. The van der Waals surface area contributed by atoms with E-state index in [1.165, 1.54) is 6.20 Å². The number of carboxylic acids is 1. The van der Waals surface area contributed by atoms with Gasteiger partial charge in [-0.2, -0.15) is 5.26 Å². The van der Waals surface area contributed by atoms with Crippen LogP contribution in [0.15, 0.2) is 46.9 Å². The number of carbonyl (C=O) groups is 2. The summed E-state index contributed by atoms with van der Waals surface area (Å²) in [5.74, 6) is -1.66. The molecule has 1 aliphatic carbocycles. The molecule has 1 fully saturated rings. The fourth-order valence-corrected chi connectivity index (χ4v) is 5.07. The maximum atomic E-state index is 12.9. The minimum atomic E-state index is -1.35. The van der Waals surface area contributed by atoms with Crippen molar-refractivity contribution < 1.29 is 19.4 Å². The van der Waals surface area contributed by atoms with Crippen LogP contribution in [0.2, 0.25) is 0 Å². The highest BCUT2D eigenvalue weighted by Crippen LogP contribution is 2.41. The molecule has 1 amide bonds. The van der Waals surface area contributed by atoms with Gasteiger partial charge in [0.05, 0.1) is 17.5 Å². The number of hydrogen-bond donors (Lipinski definition) is 3. The lowest BCUT2D eigenvalue weighted by molar-refractivity contribution is -0.201. The molecule has 2 aliphatic rings. The molecule has 0 saturated carbocycles. The SMILES string of the molecule is C=CC(=N/C(C1=CCC(C)(C)CC1)=C(\C)NC(=O)c1ncc(C#N)[nH]1)C1CC(C)(C)OC(C)(C(=O)O)C1. The van der Waals surface area contributed by atoms with Crippen molar-refractivity contribution in [2.75, 3.05) is 0 Å². The number of ether oxygens (including phenoxy) is 1. The minimum absolute atomic E-state index is 0.0327. The van der Waals surface area contributed by atoms with Crippen molar-refractivity contribution >= 4 is 17.6 Å². The first-order chi connectivity index (χ1) is 17.2. The number of carboxylic acid groups (broad SMARTS) is 1. The standard InChI is InChI=1S/C28H37N5O4/c1-8-21(19-13-27(5,6)37-28(7,14-19)25(35)36)33-22(18-9-11-26(3,4)12-10-18)17(2)31-24(34)23-30-16-20(15-29)32-23/h8-9,16,19H,1,10-14H2,2-7H3,(H,30,32)(H,31,34)(H,35,36)/b22-17+,33-21?. The zero-order chi connectivity index (χ0) is 27.6. The van der Waals surface area contributed by atoms with Gasteiger partial charge in [-0.15, -0.1) is 0 Å². The number of aromatic nitrogens is 2. The zero-order valence-electron chi connectivity index (χ0n) is 22.6. The Kier molecular flexibility index (Phi) is 7.94. The predicted molar refractivity (Wildman–Crippen MR) is 141 cm³/mol. The number of rotatable bonds is 7. The van der Waals surface area contributed by atoms with E-state index < -0.39 is 23.1 Å². The average molecular weight is 508 g/mol. The van der Waals surface area contributed by atoms with E-state index in [9.17, 15) is 14.7 Å². The summed E-state index contributed by atoms with van der Waals surface area (Å²) in [5.41, 5.74) is 1.19. The number of H-pyrrole nitrogens is 1. The van der Waals surface area contributed by atoms with Crippen molar-refractivity contribution in [2.45, 2.75) is 84.8 Å². The van der Waals surface area contributed by atoms with Crippen LogP contribution in [-0.4, -0.2) is 43.9 Å². The van der Waals surface area contributed by atoms with Crippen LogP contribution in [0, 0.1) is 22.7 Å². The molecule has 3 N–H and O–H groups in total. The number of aliphatic imine (C=N–C) groups is 1. The number of nitrogens with one attached hydrogen (secondary N) is 2. The smallest absolute Gasteiger partial charge is 0.335 e. The van der Waals surface area contributed by atoms with Gasteiger partial charge in [-0.05, 0) is 76.9 Å². The van der Waals surface area contributed by atoms with Crippen LogP contribution in [0.4, 0.5) is 0 Å². The third-order valence-electron chi connectivity index (χ3n) is 7.04. The number of allylic oxidation sites excluding steroid dienone is 4. The molecule has 198 valence electrons. The summed E-state index contributed by atoms with van der Waals surface area (Å²) < 4.78 is 5.95. The van der Waals surface area contributed by atoms with Gasteiger partial charge in [-0.3, -0.25) is 9.79 Å². The summed E-state index contributed by atoms with van der Waals surface area (Å²) in [6.07, 6.45) is 8.59. The molecule has 1 saturated heterocycles. The number of nitrogens with zero attached hydrogens (tertiary/aromatic N) is 3. The lowest BCUT2D eigenvalue weighted by Gasteiger charge is -2.44. The molecule has 1 aromatic heterocycles. The fraction of sp³-hybridized carbons (Fsp3) is 0.536. The van der Waals surface area contributed by atoms with Crippen LogP contribution in [0.25, 0.3) is 0 Å². The van der Waals surface area contributed by atoms with Crippen molar-refractivity contribution in [3.05, 3.63) is 53.4 Å². The van der Waals surface area contributed by atoms with Crippen molar-refractivity contribution in [1.29, 1.82) is 5.26 Å². The summed E-state index contributed by atoms with van der Waals surface area (Å²) in [4.78, 5) is 36.6. The van der Waals surface area contributed by atoms with Gasteiger partial charge in [0.15, 0.2) is 11.4 Å². The third-order valence-corrected chi connectivity index (χ3v) is 7.04. The maximum Gasteiger partial charge on any atom is 0.335 e. The van der Waals surface area contributed by atoms with Gasteiger partial charge in [0.1, 0.15) is 11.8 Å². The summed E-state index contributed by atoms with van der Waals surface area (Å²) in [6.45, 7) is 15.6. The molecular formula is C28H37N5O4. The maximum absolute atomic E-state index is 12.9. The quantitative estimate of drug-likeness (QED) is 0.441. The van der Waals surface area contributed by atoms with Crippen LogP contribution >= 0.6 is 0 Å². The molecule has 3 rings (SSSR count). The lowest BCUT2D eigenvalue weighted by Crippen LogP contribution is -2.52. The Morgan fingerprint density at radius 3 is 2.57 bits per heavy atom. The van der Waals surface area contributed by atoms with Gasteiger partial charge in [-0.25, -0.2) is 9.78 Å². The number of aromatic amines is 1. The van der Waals surface area contributed by atoms with E-state index >= 15 is 0 Å². The number of imidazole rings is 1. The molecule has 9 heteroatoms. The molecule has 37 heavy (non-hydrogen) atoms. The van der Waals surface area contributed by atoms with Gasteiger partial charge in [-0.1, -0.05) is 26.5 Å². The highest BCUT2D eigenvalue weighted by atomic mass is 16.5. The van der Waals surface area contributed by atoms with E-state index in [0.29, 0.717) is 23.5 Å². The highest BCUT2D eigenvalue weighted by molar-refractivity contribution is 5.98. The van der Waals surface area contributed by atoms with Gasteiger partial charge >= 0.3 is 5.97 Å². The van der Waals surface area contributed by atoms with Gasteiger partial charge < -0.3 is 20.1 Å². The second kappa shape index (κ2) is 10.5. The van der Waals surface area contributed by atoms with Crippen LogP contribution < -0.4 is 5.32 Å². The van der Waals surface area contributed by atoms with E-state index in [0.717, 1.165) is 24.8 Å². The monoisotopic (exact) mass is 507 g/mol. The van der Waals surface area contributed by atoms with Crippen LogP contribution in [0.1, 0.15) is 90.0 Å². The van der Waals surface area contributed by atoms with E-state index in [-0.39, 0.29) is 29.3 Å². The molecule has 1 aliphatic heterocycles. The number of amides is 1. The Morgan fingerprint density at radius 1 is 1.32 bits per heavy atom. The van der Waals surface area contributed by atoms with Crippen molar-refractivity contribution in [3.8, 4) is 6.07 Å². The molecular weight excluding hydrogens is 470 g/mol. The predicted octanol–water partition coefficient (Wildman–Crippen LogP) is 5.05. The van der Waals surface area contributed by atoms with Crippen molar-refractivity contribution in [2.24, 2.45) is 16.3 Å². The molecule has 2 unspecified atom stereocenters. The molecule has 0 radical (unpaired) electrons. The Hall–Kier alpha value is -3.51. The summed E-state index contributed by atoms with van der Waals surface area (Å²) >= 11 is 0. The largest absolute Gasteiger partial charge is 0.479 e. The van der Waals surface area contributed by atoms with E-state index in [2.05, 4.69) is 41.8 Å². The average Bonchev–Trinajstić information content (AvgIpc) is 3.28. The fourth-order valence-electron chi connectivity index (χ4n) is 5.07. The first-order valence-corrected chi connectivity index (χ1v) is 12.5. The highest BCUT2D eigenvalue weighted by Gasteiger charge is 2.48. The van der Waals surface area contributed by atoms with Crippen molar-refractivity contribution in [1.82, 2.24) is 15.3 Å². The van der Waals surface area contributed by atoms with Crippen LogP contribution in [0.5, 0.6) is 0 Å². The summed E-state index contributed by atoms with van der Waals surface area (Å²) in [5, 5.41) is 21.8. The topological polar surface area (TPSA) is 140 Å². The van der Waals surface area contributed by atoms with Gasteiger partial charge in [0.2, 0.25) is 0 Å². The summed E-state index contributed by atoms with van der Waals surface area (Å²) in [6, 6.07) is 1.92. The van der Waals surface area contributed by atoms with E-state index in [1.807, 2.05) is 19.9 Å². The Balaban J connectivity index is 2.04. The number of aliphatic carboxylic acids is 1. The molecule has 2 atom stereocenters. The molecule has 2 heterocycles. The number of nitriles is 1. The Bertz CT molecular complexity index is 1230. The van der Waals surface area contributed by atoms with Crippen LogP contribution in [0.3, 0.4) is 0 Å². The van der Waals surface area contributed by atoms with Gasteiger partial charge in [0.25, 0.3) is 5.91 Å². The normalized spacial score (nSPS) is 25.8. The van der Waals surface area contributed by atoms with Crippen molar-refractivity contribution in [3.63, 3.8) is 0 Å². The number of carbonyl (C=O) groups excluding carboxylic acids is 1. The Labute approximate surface area is 218 Å². The van der Waals surface area contributed by atoms with Crippen LogP contribution in [-0.2, 0) is 9.53 Å². The van der Waals surface area contributed by atoms with E-state index in [4.69, 9.17) is 15.0 Å². The first kappa shape index (κ1) is 28.1. The second-order valence-corrected chi connectivity index (χ2v) is 11.5. The molecule has 0 aromatic carbocycles. The molecule has 0 bridgehead atoms.